The number of benzene rings is 1. The number of allylic oxidation sites excluding steroid dienone is 1. The first-order valence-corrected chi connectivity index (χ1v) is 7.59. The highest BCUT2D eigenvalue weighted by Crippen LogP contribution is 2.25. The number of hydrogen-bond donors (Lipinski definition) is 2. The van der Waals surface area contributed by atoms with Gasteiger partial charge in [0.1, 0.15) is 6.17 Å². The summed E-state index contributed by atoms with van der Waals surface area (Å²) >= 11 is 0. The lowest BCUT2D eigenvalue weighted by atomic mass is 10.1. The van der Waals surface area contributed by atoms with Gasteiger partial charge in [-0.05, 0) is 44.3 Å². The summed E-state index contributed by atoms with van der Waals surface area (Å²) in [6, 6.07) is 8.00. The van der Waals surface area contributed by atoms with Gasteiger partial charge in [-0.25, -0.2) is 4.79 Å². The second kappa shape index (κ2) is 5.85. The molecule has 2 aliphatic rings. The molecule has 0 bridgehead atoms. The fourth-order valence-corrected chi connectivity index (χ4v) is 2.75. The Labute approximate surface area is 131 Å². The zero-order valence-corrected chi connectivity index (χ0v) is 13.3. The van der Waals surface area contributed by atoms with Crippen LogP contribution in [0.25, 0.3) is 0 Å². The molecule has 1 aromatic carbocycles. The SMILES string of the molecule is CCC1=CC2=CN(c3ccc(CN(C)C)cc3)C(=O)NC2N1. The molecule has 2 N–H and O–H groups in total. The maximum Gasteiger partial charge on any atom is 0.327 e. The molecule has 5 nitrogen and oxygen atoms in total. The third kappa shape index (κ3) is 2.85. The Morgan fingerprint density at radius 2 is 1.91 bits per heavy atom. The molecule has 1 aromatic rings. The van der Waals surface area contributed by atoms with E-state index in [2.05, 4.69) is 40.7 Å². The Morgan fingerprint density at radius 3 is 2.55 bits per heavy atom. The number of carbonyl (C=O) groups is 1. The minimum absolute atomic E-state index is 0.0910. The molecule has 0 saturated heterocycles. The van der Waals surface area contributed by atoms with Gasteiger partial charge in [0.25, 0.3) is 0 Å². The molecule has 0 fully saturated rings. The minimum atomic E-state index is -0.104. The zero-order chi connectivity index (χ0) is 15.7. The summed E-state index contributed by atoms with van der Waals surface area (Å²) in [5, 5.41) is 6.29. The van der Waals surface area contributed by atoms with Crippen molar-refractivity contribution >= 4 is 11.7 Å². The van der Waals surface area contributed by atoms with E-state index in [9.17, 15) is 4.79 Å². The molecular weight excluding hydrogens is 276 g/mol. The van der Waals surface area contributed by atoms with Crippen LogP contribution in [0.15, 0.2) is 47.8 Å². The van der Waals surface area contributed by atoms with E-state index in [-0.39, 0.29) is 12.2 Å². The lowest BCUT2D eigenvalue weighted by molar-refractivity contribution is 0.243. The average molecular weight is 298 g/mol. The highest BCUT2D eigenvalue weighted by molar-refractivity contribution is 5.96. The number of anilines is 1. The Bertz CT molecular complexity index is 631. The molecule has 0 spiro atoms. The van der Waals surface area contributed by atoms with Crippen LogP contribution in [0.5, 0.6) is 0 Å². The van der Waals surface area contributed by atoms with Crippen LogP contribution in [0.2, 0.25) is 0 Å². The first kappa shape index (κ1) is 14.7. The van der Waals surface area contributed by atoms with E-state index in [1.165, 1.54) is 5.56 Å². The van der Waals surface area contributed by atoms with Crippen LogP contribution in [0, 0.1) is 0 Å². The van der Waals surface area contributed by atoms with Crippen molar-refractivity contribution < 1.29 is 4.79 Å². The van der Waals surface area contributed by atoms with Gasteiger partial charge in [-0.15, -0.1) is 0 Å². The van der Waals surface area contributed by atoms with Gasteiger partial charge in [-0.2, -0.15) is 0 Å². The number of hydrogen-bond acceptors (Lipinski definition) is 3. The molecule has 0 saturated carbocycles. The summed E-state index contributed by atoms with van der Waals surface area (Å²) in [5.74, 6) is 0. The summed E-state index contributed by atoms with van der Waals surface area (Å²) in [5.41, 5.74) is 4.35. The van der Waals surface area contributed by atoms with E-state index in [0.29, 0.717) is 0 Å². The highest BCUT2D eigenvalue weighted by Gasteiger charge is 2.30. The molecule has 3 rings (SSSR count). The molecule has 1 unspecified atom stereocenters. The Balaban J connectivity index is 1.83. The highest BCUT2D eigenvalue weighted by atomic mass is 16.2. The molecule has 0 aliphatic carbocycles. The van der Waals surface area contributed by atoms with Crippen molar-refractivity contribution in [3.05, 3.63) is 53.4 Å². The largest absolute Gasteiger partial charge is 0.365 e. The number of amides is 2. The van der Waals surface area contributed by atoms with E-state index >= 15 is 0 Å². The van der Waals surface area contributed by atoms with E-state index in [0.717, 1.165) is 29.9 Å². The topological polar surface area (TPSA) is 47.6 Å². The third-order valence-corrected chi connectivity index (χ3v) is 3.86. The normalized spacial score (nSPS) is 20.3. The van der Waals surface area contributed by atoms with Crippen LogP contribution < -0.4 is 15.5 Å². The van der Waals surface area contributed by atoms with Gasteiger partial charge in [-0.3, -0.25) is 4.90 Å². The lowest BCUT2D eigenvalue weighted by Gasteiger charge is -2.29. The van der Waals surface area contributed by atoms with Crippen molar-refractivity contribution in [1.82, 2.24) is 15.5 Å². The molecule has 2 aliphatic heterocycles. The van der Waals surface area contributed by atoms with Crippen LogP contribution >= 0.6 is 0 Å². The van der Waals surface area contributed by atoms with Gasteiger partial charge >= 0.3 is 6.03 Å². The minimum Gasteiger partial charge on any atom is -0.365 e. The molecule has 1 atom stereocenters. The predicted octanol–water partition coefficient (Wildman–Crippen LogP) is 2.38. The Hall–Kier alpha value is -2.27. The number of rotatable bonds is 4. The zero-order valence-electron chi connectivity index (χ0n) is 13.3. The quantitative estimate of drug-likeness (QED) is 0.897. The maximum absolute atomic E-state index is 12.3. The lowest BCUT2D eigenvalue weighted by Crippen LogP contribution is -2.51. The predicted molar refractivity (Wildman–Crippen MR) is 88.2 cm³/mol. The summed E-state index contributed by atoms with van der Waals surface area (Å²) in [4.78, 5) is 16.1. The second-order valence-electron chi connectivity index (χ2n) is 5.95. The Kier molecular flexibility index (Phi) is 3.90. The second-order valence-corrected chi connectivity index (χ2v) is 5.95. The van der Waals surface area contributed by atoms with E-state index in [1.54, 1.807) is 4.90 Å². The molecule has 5 heteroatoms. The number of nitrogens with zero attached hydrogens (tertiary/aromatic N) is 2. The molecule has 2 heterocycles. The van der Waals surface area contributed by atoms with Gasteiger partial charge in [0.05, 0.1) is 5.69 Å². The first-order valence-electron chi connectivity index (χ1n) is 7.59. The van der Waals surface area contributed by atoms with Crippen molar-refractivity contribution in [2.75, 3.05) is 19.0 Å². The van der Waals surface area contributed by atoms with Gasteiger partial charge in [0.2, 0.25) is 0 Å². The van der Waals surface area contributed by atoms with Crippen LogP contribution in [-0.2, 0) is 6.54 Å². The van der Waals surface area contributed by atoms with Crippen molar-refractivity contribution in [2.45, 2.75) is 26.1 Å². The molecule has 0 aromatic heterocycles. The summed E-state index contributed by atoms with van der Waals surface area (Å²) in [6.07, 6.45) is 4.87. The van der Waals surface area contributed by atoms with Crippen LogP contribution in [0.3, 0.4) is 0 Å². The van der Waals surface area contributed by atoms with Gasteiger partial charge < -0.3 is 15.5 Å². The third-order valence-electron chi connectivity index (χ3n) is 3.86. The molecule has 22 heavy (non-hydrogen) atoms. The summed E-state index contributed by atoms with van der Waals surface area (Å²) in [7, 11) is 4.09. The van der Waals surface area contributed by atoms with Crippen molar-refractivity contribution in [3.8, 4) is 0 Å². The van der Waals surface area contributed by atoms with Crippen LogP contribution in [0.1, 0.15) is 18.9 Å². The van der Waals surface area contributed by atoms with E-state index in [4.69, 9.17) is 0 Å². The van der Waals surface area contributed by atoms with Gasteiger partial charge in [0.15, 0.2) is 0 Å². The Morgan fingerprint density at radius 1 is 1.18 bits per heavy atom. The van der Waals surface area contributed by atoms with Gasteiger partial charge in [0, 0.05) is 24.0 Å². The van der Waals surface area contributed by atoms with Crippen molar-refractivity contribution in [3.63, 3.8) is 0 Å². The molecule has 116 valence electrons. The molecular formula is C17H22N4O. The number of nitrogens with one attached hydrogen (secondary N) is 2. The monoisotopic (exact) mass is 298 g/mol. The number of carbonyl (C=O) groups excluding carboxylic acids is 1. The standard InChI is InChI=1S/C17H22N4O/c1-4-14-9-13-11-21(17(22)19-16(13)18-14)15-7-5-12(6-8-15)10-20(2)3/h5-9,11,16,18H,4,10H2,1-3H3,(H,19,22). The number of urea groups is 1. The first-order chi connectivity index (χ1) is 10.6. The molecule has 0 radical (unpaired) electrons. The van der Waals surface area contributed by atoms with E-state index in [1.807, 2.05) is 32.4 Å². The maximum atomic E-state index is 12.3. The van der Waals surface area contributed by atoms with Gasteiger partial charge in [-0.1, -0.05) is 19.1 Å². The average Bonchev–Trinajstić information content (AvgIpc) is 2.88. The fraction of sp³-hybridized carbons (Fsp3) is 0.353. The number of fused-ring (bicyclic) bond motifs is 1. The van der Waals surface area contributed by atoms with Crippen molar-refractivity contribution in [2.24, 2.45) is 0 Å². The van der Waals surface area contributed by atoms with Crippen molar-refractivity contribution in [1.29, 1.82) is 0 Å². The van der Waals surface area contributed by atoms with Crippen LogP contribution in [0.4, 0.5) is 10.5 Å². The summed E-state index contributed by atoms with van der Waals surface area (Å²) in [6.45, 7) is 2.99. The smallest absolute Gasteiger partial charge is 0.327 e. The fourth-order valence-electron chi connectivity index (χ4n) is 2.75. The summed E-state index contributed by atoms with van der Waals surface area (Å²) < 4.78 is 0. The van der Waals surface area contributed by atoms with E-state index < -0.39 is 0 Å². The van der Waals surface area contributed by atoms with Crippen LogP contribution in [-0.4, -0.2) is 31.2 Å². The molecule has 2 amide bonds.